The normalized spacial score (nSPS) is 15.4. The number of hydrogen-bond donors (Lipinski definition) is 2. The summed E-state index contributed by atoms with van der Waals surface area (Å²) in [5, 5.41) is 22.1. The topological polar surface area (TPSA) is 110 Å². The maximum atomic E-state index is 12.0. The van der Waals surface area contributed by atoms with Gasteiger partial charge in [-0.3, -0.25) is 14.9 Å². The SMILES string of the molecule is O=C(NC(C(=O)O)C1CC1)c1cc(Cl)cc([N+](=O)[O-])c1. The molecule has 0 radical (unpaired) electrons. The standard InChI is InChI=1S/C12H11ClN2O5/c13-8-3-7(4-9(5-8)15(19)20)11(16)14-10(12(17)18)6-1-2-6/h3-6,10H,1-2H2,(H,14,16)(H,17,18). The molecule has 1 atom stereocenters. The Morgan fingerprint density at radius 2 is 2.05 bits per heavy atom. The van der Waals surface area contributed by atoms with Crippen LogP contribution in [0.25, 0.3) is 0 Å². The number of carboxylic acids is 1. The lowest BCUT2D eigenvalue weighted by Gasteiger charge is -2.13. The number of amides is 1. The van der Waals surface area contributed by atoms with Crippen LogP contribution in [-0.2, 0) is 4.79 Å². The van der Waals surface area contributed by atoms with Crippen molar-refractivity contribution in [2.75, 3.05) is 0 Å². The minimum Gasteiger partial charge on any atom is -0.480 e. The quantitative estimate of drug-likeness (QED) is 0.636. The maximum absolute atomic E-state index is 12.0. The van der Waals surface area contributed by atoms with Crippen LogP contribution in [0.5, 0.6) is 0 Å². The van der Waals surface area contributed by atoms with E-state index in [1.54, 1.807) is 0 Å². The molecule has 8 heteroatoms. The third kappa shape index (κ3) is 3.24. The zero-order chi connectivity index (χ0) is 14.9. The number of non-ortho nitro benzene ring substituents is 1. The second kappa shape index (κ2) is 5.46. The third-order valence-corrected chi connectivity index (χ3v) is 3.22. The van der Waals surface area contributed by atoms with E-state index in [1.165, 1.54) is 6.07 Å². The molecule has 20 heavy (non-hydrogen) atoms. The molecule has 1 amide bonds. The molecule has 1 unspecified atom stereocenters. The van der Waals surface area contributed by atoms with Crippen molar-refractivity contribution in [1.29, 1.82) is 0 Å². The van der Waals surface area contributed by atoms with Gasteiger partial charge in [-0.15, -0.1) is 0 Å². The molecular formula is C12H11ClN2O5. The summed E-state index contributed by atoms with van der Waals surface area (Å²) in [7, 11) is 0. The maximum Gasteiger partial charge on any atom is 0.326 e. The molecule has 1 aromatic rings. The highest BCUT2D eigenvalue weighted by Gasteiger charge is 2.37. The first kappa shape index (κ1) is 14.3. The Morgan fingerprint density at radius 1 is 1.40 bits per heavy atom. The number of carboxylic acid groups (broad SMARTS) is 1. The molecule has 1 fully saturated rings. The molecule has 7 nitrogen and oxygen atoms in total. The number of aliphatic carboxylic acids is 1. The Morgan fingerprint density at radius 3 is 2.55 bits per heavy atom. The number of benzene rings is 1. The minimum absolute atomic E-state index is 0.0314. The van der Waals surface area contributed by atoms with Gasteiger partial charge in [-0.1, -0.05) is 11.6 Å². The molecule has 0 bridgehead atoms. The molecular weight excluding hydrogens is 288 g/mol. The van der Waals surface area contributed by atoms with E-state index < -0.39 is 22.8 Å². The van der Waals surface area contributed by atoms with Crippen molar-refractivity contribution in [3.63, 3.8) is 0 Å². The van der Waals surface area contributed by atoms with E-state index in [1.807, 2.05) is 0 Å². The van der Waals surface area contributed by atoms with E-state index >= 15 is 0 Å². The van der Waals surface area contributed by atoms with E-state index in [9.17, 15) is 19.7 Å². The van der Waals surface area contributed by atoms with Crippen LogP contribution >= 0.6 is 11.6 Å². The number of rotatable bonds is 5. The summed E-state index contributed by atoms with van der Waals surface area (Å²) in [6.07, 6.45) is 1.49. The van der Waals surface area contributed by atoms with Crippen LogP contribution in [0.4, 0.5) is 5.69 Å². The van der Waals surface area contributed by atoms with Crippen LogP contribution in [0.15, 0.2) is 18.2 Å². The second-order valence-electron chi connectivity index (χ2n) is 4.58. The Kier molecular flexibility index (Phi) is 3.89. The lowest BCUT2D eigenvalue weighted by molar-refractivity contribution is -0.384. The van der Waals surface area contributed by atoms with E-state index in [4.69, 9.17) is 16.7 Å². The first-order valence-corrected chi connectivity index (χ1v) is 6.25. The zero-order valence-corrected chi connectivity index (χ0v) is 11.0. The molecule has 0 aliphatic heterocycles. The highest BCUT2D eigenvalue weighted by atomic mass is 35.5. The van der Waals surface area contributed by atoms with Crippen molar-refractivity contribution in [2.24, 2.45) is 5.92 Å². The molecule has 1 aliphatic rings. The van der Waals surface area contributed by atoms with Crippen LogP contribution in [0.3, 0.4) is 0 Å². The molecule has 1 aliphatic carbocycles. The highest BCUT2D eigenvalue weighted by molar-refractivity contribution is 6.31. The predicted molar refractivity (Wildman–Crippen MR) is 69.7 cm³/mol. The van der Waals surface area contributed by atoms with Gasteiger partial charge in [0.25, 0.3) is 11.6 Å². The van der Waals surface area contributed by atoms with Crippen molar-refractivity contribution in [1.82, 2.24) is 5.32 Å². The fraction of sp³-hybridized carbons (Fsp3) is 0.333. The number of nitro benzene ring substituents is 1. The molecule has 1 aromatic carbocycles. The second-order valence-corrected chi connectivity index (χ2v) is 5.02. The third-order valence-electron chi connectivity index (χ3n) is 3.00. The van der Waals surface area contributed by atoms with Gasteiger partial charge in [0.15, 0.2) is 0 Å². The molecule has 1 saturated carbocycles. The summed E-state index contributed by atoms with van der Waals surface area (Å²) in [6.45, 7) is 0. The summed E-state index contributed by atoms with van der Waals surface area (Å²) in [5.74, 6) is -1.88. The Balaban J connectivity index is 2.20. The summed E-state index contributed by atoms with van der Waals surface area (Å²) in [4.78, 5) is 33.0. The van der Waals surface area contributed by atoms with Crippen LogP contribution in [0.2, 0.25) is 5.02 Å². The average Bonchev–Trinajstić information content (AvgIpc) is 3.18. The average molecular weight is 299 g/mol. The summed E-state index contributed by atoms with van der Waals surface area (Å²) in [6, 6.07) is 2.47. The molecule has 0 saturated heterocycles. The number of nitrogens with zero attached hydrogens (tertiary/aromatic N) is 1. The molecule has 2 rings (SSSR count). The Hall–Kier alpha value is -2.15. The van der Waals surface area contributed by atoms with E-state index in [-0.39, 0.29) is 22.2 Å². The number of nitrogens with one attached hydrogen (secondary N) is 1. The number of carbonyl (C=O) groups is 2. The fourth-order valence-corrected chi connectivity index (χ4v) is 2.08. The summed E-state index contributed by atoms with van der Waals surface area (Å²) < 4.78 is 0. The van der Waals surface area contributed by atoms with Crippen molar-refractivity contribution in [3.05, 3.63) is 38.9 Å². The lowest BCUT2D eigenvalue weighted by Crippen LogP contribution is -2.42. The van der Waals surface area contributed by atoms with Gasteiger partial charge in [-0.2, -0.15) is 0 Å². The number of carbonyl (C=O) groups excluding carboxylic acids is 1. The number of hydrogen-bond acceptors (Lipinski definition) is 4. The van der Waals surface area contributed by atoms with Gasteiger partial charge in [-0.05, 0) is 24.8 Å². The zero-order valence-electron chi connectivity index (χ0n) is 10.2. The monoisotopic (exact) mass is 298 g/mol. The van der Waals surface area contributed by atoms with Crippen LogP contribution in [-0.4, -0.2) is 27.9 Å². The summed E-state index contributed by atoms with van der Waals surface area (Å²) >= 11 is 5.71. The van der Waals surface area contributed by atoms with E-state index in [2.05, 4.69) is 5.32 Å². The van der Waals surface area contributed by atoms with Crippen molar-refractivity contribution >= 4 is 29.2 Å². The smallest absolute Gasteiger partial charge is 0.326 e. The molecule has 2 N–H and O–H groups in total. The van der Waals surface area contributed by atoms with Gasteiger partial charge in [0.05, 0.1) is 4.92 Å². The molecule has 0 aromatic heterocycles. The minimum atomic E-state index is -1.11. The number of halogens is 1. The van der Waals surface area contributed by atoms with Crippen molar-refractivity contribution in [2.45, 2.75) is 18.9 Å². The van der Waals surface area contributed by atoms with Crippen molar-refractivity contribution in [3.8, 4) is 0 Å². The van der Waals surface area contributed by atoms with E-state index in [0.717, 1.165) is 25.0 Å². The van der Waals surface area contributed by atoms with Crippen LogP contribution < -0.4 is 5.32 Å². The molecule has 106 valence electrons. The van der Waals surface area contributed by atoms with Gasteiger partial charge in [0, 0.05) is 22.7 Å². The molecule has 0 heterocycles. The van der Waals surface area contributed by atoms with Gasteiger partial charge >= 0.3 is 5.97 Å². The van der Waals surface area contributed by atoms with Crippen LogP contribution in [0.1, 0.15) is 23.2 Å². The predicted octanol–water partition coefficient (Wildman–Crippen LogP) is 1.84. The Labute approximate surface area is 118 Å². The van der Waals surface area contributed by atoms with Gasteiger partial charge in [-0.25, -0.2) is 4.79 Å². The van der Waals surface area contributed by atoms with Crippen LogP contribution in [0, 0.1) is 16.0 Å². The molecule has 0 spiro atoms. The van der Waals surface area contributed by atoms with Crippen molar-refractivity contribution < 1.29 is 19.6 Å². The highest BCUT2D eigenvalue weighted by Crippen LogP contribution is 2.33. The Bertz CT molecular complexity index is 585. The first-order chi connectivity index (χ1) is 9.38. The first-order valence-electron chi connectivity index (χ1n) is 5.87. The van der Waals surface area contributed by atoms with Gasteiger partial charge < -0.3 is 10.4 Å². The summed E-state index contributed by atoms with van der Waals surface area (Å²) in [5.41, 5.74) is -0.350. The number of nitro groups is 1. The van der Waals surface area contributed by atoms with E-state index in [0.29, 0.717) is 0 Å². The largest absolute Gasteiger partial charge is 0.480 e. The van der Waals surface area contributed by atoms with Gasteiger partial charge in [0.2, 0.25) is 0 Å². The fourth-order valence-electron chi connectivity index (χ4n) is 1.85. The lowest BCUT2D eigenvalue weighted by atomic mass is 10.1. The van der Waals surface area contributed by atoms with Gasteiger partial charge in [0.1, 0.15) is 6.04 Å².